The minimum Gasteiger partial charge on any atom is -0.480 e. The zero-order valence-corrected chi connectivity index (χ0v) is 8.26. The molecule has 78 valence electrons. The number of hydrogen-bond donors (Lipinski definition) is 3. The monoisotopic (exact) mass is 198 g/mol. The van der Waals surface area contributed by atoms with Crippen LogP contribution in [0.3, 0.4) is 0 Å². The molecule has 5 nitrogen and oxygen atoms in total. The van der Waals surface area contributed by atoms with Crippen LogP contribution in [0.25, 0.3) is 0 Å². The number of carboxylic acids is 1. The molecule has 3 N–H and O–H groups in total. The number of carbonyl (C=O) groups excluding carboxylic acids is 1. The van der Waals surface area contributed by atoms with E-state index in [-0.39, 0.29) is 0 Å². The quantitative estimate of drug-likeness (QED) is 0.445. The summed E-state index contributed by atoms with van der Waals surface area (Å²) in [6.07, 6.45) is 0.561. The molecule has 5 heteroatoms. The Bertz CT molecular complexity index is 265. The number of rotatable bonds is 4. The molecule has 0 fully saturated rings. The van der Waals surface area contributed by atoms with E-state index >= 15 is 0 Å². The molecule has 14 heavy (non-hydrogen) atoms. The summed E-state index contributed by atoms with van der Waals surface area (Å²) in [5, 5.41) is 13.2. The molecule has 0 aliphatic carbocycles. The predicted octanol–water partition coefficient (Wildman–Crippen LogP) is 0.172. The highest BCUT2D eigenvalue weighted by Gasteiger charge is 2.12. The highest BCUT2D eigenvalue weighted by Crippen LogP contribution is 1.81. The number of aliphatic carboxylic acids is 1. The predicted molar refractivity (Wildman–Crippen MR) is 51.7 cm³/mol. The summed E-state index contributed by atoms with van der Waals surface area (Å²) in [5.41, 5.74) is 0. The Labute approximate surface area is 82.9 Å². The van der Waals surface area contributed by atoms with E-state index in [1.165, 1.54) is 6.92 Å². The average molecular weight is 198 g/mol. The number of urea groups is 1. The van der Waals surface area contributed by atoms with Gasteiger partial charge in [0.25, 0.3) is 0 Å². The smallest absolute Gasteiger partial charge is 0.325 e. The summed E-state index contributed by atoms with van der Waals surface area (Å²) in [4.78, 5) is 21.3. The van der Waals surface area contributed by atoms with Crippen molar-refractivity contribution >= 4 is 12.0 Å². The van der Waals surface area contributed by atoms with E-state index in [0.29, 0.717) is 13.0 Å². The third-order valence-electron chi connectivity index (χ3n) is 1.43. The van der Waals surface area contributed by atoms with Gasteiger partial charge in [0.2, 0.25) is 0 Å². The molecule has 0 heterocycles. The number of carbonyl (C=O) groups is 2. The molecule has 0 aliphatic heterocycles. The highest BCUT2D eigenvalue weighted by molar-refractivity contribution is 5.82. The van der Waals surface area contributed by atoms with Crippen LogP contribution >= 0.6 is 0 Å². The fourth-order valence-electron chi connectivity index (χ4n) is 0.673. The summed E-state index contributed by atoms with van der Waals surface area (Å²) in [5.74, 6) is 4.39. The van der Waals surface area contributed by atoms with Crippen LogP contribution < -0.4 is 10.6 Å². The van der Waals surface area contributed by atoms with Gasteiger partial charge < -0.3 is 15.7 Å². The SMILES string of the molecule is CC#CCCNC(=O)N[C@@H](C)C(=O)O. The van der Waals surface area contributed by atoms with Gasteiger partial charge in [0.05, 0.1) is 0 Å². The van der Waals surface area contributed by atoms with Gasteiger partial charge in [-0.25, -0.2) is 4.79 Å². The molecule has 0 saturated heterocycles. The Kier molecular flexibility index (Phi) is 5.95. The van der Waals surface area contributed by atoms with E-state index in [2.05, 4.69) is 22.5 Å². The summed E-state index contributed by atoms with van der Waals surface area (Å²) < 4.78 is 0. The minimum absolute atomic E-state index is 0.416. The fraction of sp³-hybridized carbons (Fsp3) is 0.556. The molecule has 0 unspecified atom stereocenters. The van der Waals surface area contributed by atoms with E-state index in [0.717, 1.165) is 0 Å². The van der Waals surface area contributed by atoms with E-state index in [1.807, 2.05) is 0 Å². The lowest BCUT2D eigenvalue weighted by Crippen LogP contribution is -2.44. The second-order valence-electron chi connectivity index (χ2n) is 2.64. The van der Waals surface area contributed by atoms with E-state index < -0.39 is 18.0 Å². The normalized spacial score (nSPS) is 10.7. The highest BCUT2D eigenvalue weighted by atomic mass is 16.4. The van der Waals surface area contributed by atoms with Crippen molar-refractivity contribution in [2.45, 2.75) is 26.3 Å². The van der Waals surface area contributed by atoms with Crippen molar-refractivity contribution in [2.75, 3.05) is 6.54 Å². The standard InChI is InChI=1S/C9H14N2O3/c1-3-4-5-6-10-9(14)11-7(2)8(12)13/h7H,5-6H2,1-2H3,(H,12,13)(H2,10,11,14)/t7-/m0/s1. The van der Waals surface area contributed by atoms with Crippen molar-refractivity contribution in [3.05, 3.63) is 0 Å². The molecule has 0 bridgehead atoms. The molecule has 0 aliphatic rings. The lowest BCUT2D eigenvalue weighted by molar-refractivity contribution is -0.138. The molecule has 0 radical (unpaired) electrons. The number of amides is 2. The van der Waals surface area contributed by atoms with Crippen LogP contribution in [0.15, 0.2) is 0 Å². The van der Waals surface area contributed by atoms with Crippen molar-refractivity contribution < 1.29 is 14.7 Å². The van der Waals surface area contributed by atoms with Crippen LogP contribution in [0.5, 0.6) is 0 Å². The Balaban J connectivity index is 3.63. The molecule has 0 aromatic rings. The van der Waals surface area contributed by atoms with E-state index in [1.54, 1.807) is 6.92 Å². The molecule has 1 atom stereocenters. The first kappa shape index (κ1) is 12.3. The molecule has 0 saturated carbocycles. The maximum Gasteiger partial charge on any atom is 0.325 e. The Hall–Kier alpha value is -1.70. The second-order valence-corrected chi connectivity index (χ2v) is 2.64. The molecule has 0 spiro atoms. The summed E-state index contributed by atoms with van der Waals surface area (Å²) in [7, 11) is 0. The summed E-state index contributed by atoms with van der Waals surface area (Å²) in [6.45, 7) is 3.53. The van der Waals surface area contributed by atoms with Gasteiger partial charge in [0.1, 0.15) is 6.04 Å². The first-order valence-electron chi connectivity index (χ1n) is 4.24. The van der Waals surface area contributed by atoms with Gasteiger partial charge in [-0.05, 0) is 13.8 Å². The molecular formula is C9H14N2O3. The lowest BCUT2D eigenvalue weighted by Gasteiger charge is -2.09. The molecule has 0 aromatic carbocycles. The zero-order chi connectivity index (χ0) is 11.0. The zero-order valence-electron chi connectivity index (χ0n) is 8.26. The Morgan fingerprint density at radius 2 is 2.14 bits per heavy atom. The van der Waals surface area contributed by atoms with Crippen LogP contribution in [-0.2, 0) is 4.79 Å². The third-order valence-corrected chi connectivity index (χ3v) is 1.43. The second kappa shape index (κ2) is 6.78. The van der Waals surface area contributed by atoms with Crippen molar-refractivity contribution in [3.8, 4) is 11.8 Å². The van der Waals surface area contributed by atoms with Gasteiger partial charge >= 0.3 is 12.0 Å². The molecule has 0 aromatic heterocycles. The Morgan fingerprint density at radius 3 is 2.64 bits per heavy atom. The molecule has 2 amide bonds. The van der Waals surface area contributed by atoms with Gasteiger partial charge in [-0.1, -0.05) is 0 Å². The van der Waals surface area contributed by atoms with Crippen molar-refractivity contribution in [1.82, 2.24) is 10.6 Å². The van der Waals surface area contributed by atoms with Crippen LogP contribution in [0.1, 0.15) is 20.3 Å². The van der Waals surface area contributed by atoms with Crippen LogP contribution in [0, 0.1) is 11.8 Å². The van der Waals surface area contributed by atoms with Crippen molar-refractivity contribution in [2.24, 2.45) is 0 Å². The van der Waals surface area contributed by atoms with Gasteiger partial charge in [-0.3, -0.25) is 4.79 Å². The fourth-order valence-corrected chi connectivity index (χ4v) is 0.673. The topological polar surface area (TPSA) is 78.4 Å². The van der Waals surface area contributed by atoms with Crippen molar-refractivity contribution in [3.63, 3.8) is 0 Å². The van der Waals surface area contributed by atoms with E-state index in [9.17, 15) is 9.59 Å². The number of carboxylic acid groups (broad SMARTS) is 1. The first-order valence-corrected chi connectivity index (χ1v) is 4.24. The molecular weight excluding hydrogens is 184 g/mol. The largest absolute Gasteiger partial charge is 0.480 e. The average Bonchev–Trinajstić information content (AvgIpc) is 2.12. The van der Waals surface area contributed by atoms with Crippen LogP contribution in [0.2, 0.25) is 0 Å². The lowest BCUT2D eigenvalue weighted by atomic mass is 10.3. The third kappa shape index (κ3) is 5.89. The van der Waals surface area contributed by atoms with E-state index in [4.69, 9.17) is 5.11 Å². The summed E-state index contributed by atoms with van der Waals surface area (Å²) >= 11 is 0. The van der Waals surface area contributed by atoms with Gasteiger partial charge in [-0.2, -0.15) is 0 Å². The maximum absolute atomic E-state index is 11.0. The first-order chi connectivity index (χ1) is 6.57. The van der Waals surface area contributed by atoms with Crippen molar-refractivity contribution in [1.29, 1.82) is 0 Å². The van der Waals surface area contributed by atoms with Crippen LogP contribution in [0.4, 0.5) is 4.79 Å². The van der Waals surface area contributed by atoms with Gasteiger partial charge in [0, 0.05) is 13.0 Å². The molecule has 0 rings (SSSR count). The number of hydrogen-bond acceptors (Lipinski definition) is 2. The Morgan fingerprint density at radius 1 is 1.50 bits per heavy atom. The van der Waals surface area contributed by atoms with Gasteiger partial charge in [-0.15, -0.1) is 11.8 Å². The minimum atomic E-state index is -1.06. The maximum atomic E-state index is 11.0. The van der Waals surface area contributed by atoms with Gasteiger partial charge in [0.15, 0.2) is 0 Å². The number of nitrogens with one attached hydrogen (secondary N) is 2. The van der Waals surface area contributed by atoms with Crippen LogP contribution in [-0.4, -0.2) is 29.7 Å². The summed E-state index contributed by atoms with van der Waals surface area (Å²) in [6, 6.07) is -1.37.